The van der Waals surface area contributed by atoms with Crippen molar-refractivity contribution >= 4 is 40.9 Å². The van der Waals surface area contributed by atoms with Crippen molar-refractivity contribution in [1.82, 2.24) is 4.90 Å². The molecule has 9 nitrogen and oxygen atoms in total. The average molecular weight is 479 g/mol. The highest BCUT2D eigenvalue weighted by Crippen LogP contribution is 2.43. The fourth-order valence-electron chi connectivity index (χ4n) is 4.55. The van der Waals surface area contributed by atoms with Gasteiger partial charge in [0.25, 0.3) is 5.91 Å². The van der Waals surface area contributed by atoms with Crippen molar-refractivity contribution < 1.29 is 23.9 Å². The third kappa shape index (κ3) is 4.99. The zero-order valence-electron chi connectivity index (χ0n) is 20.2. The molecule has 2 aliphatic rings. The van der Waals surface area contributed by atoms with Crippen LogP contribution in [0.4, 0.5) is 21.9 Å². The number of anilines is 3. The van der Waals surface area contributed by atoms with Crippen LogP contribution in [0.15, 0.2) is 48.5 Å². The van der Waals surface area contributed by atoms with Gasteiger partial charge in [-0.25, -0.2) is 4.79 Å². The summed E-state index contributed by atoms with van der Waals surface area (Å²) in [5.74, 6) is -0.273. The number of para-hydroxylation sites is 1. The number of ether oxygens (including phenoxy) is 1. The van der Waals surface area contributed by atoms with Crippen LogP contribution in [0.2, 0.25) is 0 Å². The number of rotatable bonds is 7. The number of hydrogen-bond acceptors (Lipinski definition) is 5. The molecule has 2 N–H and O–H groups in total. The Bertz CT molecular complexity index is 1160. The topological polar surface area (TPSA) is 108 Å². The van der Waals surface area contributed by atoms with Gasteiger partial charge in [0.15, 0.2) is 0 Å². The molecule has 0 radical (unpaired) electrons. The van der Waals surface area contributed by atoms with E-state index in [1.54, 1.807) is 52.3 Å². The van der Waals surface area contributed by atoms with E-state index in [4.69, 9.17) is 4.74 Å². The van der Waals surface area contributed by atoms with Gasteiger partial charge in [-0.1, -0.05) is 32.0 Å². The van der Waals surface area contributed by atoms with Crippen LogP contribution in [0.3, 0.4) is 0 Å². The number of benzene rings is 2. The molecule has 0 spiro atoms. The van der Waals surface area contributed by atoms with Gasteiger partial charge in [-0.15, -0.1) is 0 Å². The van der Waals surface area contributed by atoms with E-state index in [0.29, 0.717) is 42.1 Å². The highest BCUT2D eigenvalue weighted by molar-refractivity contribution is 6.10. The Hall–Kier alpha value is -3.88. The Kier molecular flexibility index (Phi) is 6.77. The molecule has 184 valence electrons. The molecule has 4 rings (SSSR count). The molecule has 0 aromatic heterocycles. The molecular formula is C26H30N4O5. The van der Waals surface area contributed by atoms with Crippen LogP contribution >= 0.6 is 0 Å². The molecule has 4 amide bonds. The zero-order chi connectivity index (χ0) is 25.2. The van der Waals surface area contributed by atoms with E-state index in [0.717, 1.165) is 0 Å². The maximum Gasteiger partial charge on any atom is 0.411 e. The number of hydrogen-bond donors (Lipinski definition) is 2. The normalized spacial score (nSPS) is 18.9. The third-order valence-corrected chi connectivity index (χ3v) is 6.25. The Morgan fingerprint density at radius 2 is 1.77 bits per heavy atom. The molecule has 0 saturated carbocycles. The van der Waals surface area contributed by atoms with Crippen LogP contribution in [0.25, 0.3) is 0 Å². The fraction of sp³-hybridized carbons (Fsp3) is 0.385. The number of nitrogens with one attached hydrogen (secondary N) is 2. The van der Waals surface area contributed by atoms with Crippen LogP contribution in [0.5, 0.6) is 0 Å². The summed E-state index contributed by atoms with van der Waals surface area (Å²) in [5.41, 5.74) is 1.29. The number of amides is 4. The number of carbonyl (C=O) groups is 4. The summed E-state index contributed by atoms with van der Waals surface area (Å²) >= 11 is 0. The second kappa shape index (κ2) is 9.77. The minimum atomic E-state index is -0.803. The number of nitrogens with zero attached hydrogens (tertiary/aromatic N) is 2. The van der Waals surface area contributed by atoms with Crippen LogP contribution in [-0.4, -0.2) is 47.5 Å². The molecule has 35 heavy (non-hydrogen) atoms. The Morgan fingerprint density at radius 3 is 2.51 bits per heavy atom. The molecule has 1 atom stereocenters. The Balaban J connectivity index is 1.40. The van der Waals surface area contributed by atoms with Gasteiger partial charge in [0.1, 0.15) is 5.66 Å². The van der Waals surface area contributed by atoms with Crippen LogP contribution in [-0.2, 0) is 14.3 Å². The second-order valence-electron chi connectivity index (χ2n) is 9.42. The lowest BCUT2D eigenvalue weighted by Gasteiger charge is -2.48. The van der Waals surface area contributed by atoms with Crippen LogP contribution in [0.1, 0.15) is 50.4 Å². The standard InChI is InChI=1S/C26H30N4O5/c1-17(2)16-35-25(34)28-19-8-6-7-18(15-19)27-22(31)12-14-29-24(33)20-9-4-5-10-21(20)30-23(32)11-13-26(29,30)3/h4-10,15,17H,11-14,16H2,1-3H3,(H,27,31)(H,28,34). The van der Waals surface area contributed by atoms with Crippen molar-refractivity contribution in [1.29, 1.82) is 0 Å². The zero-order valence-corrected chi connectivity index (χ0v) is 20.2. The smallest absolute Gasteiger partial charge is 0.411 e. The second-order valence-corrected chi connectivity index (χ2v) is 9.42. The first-order chi connectivity index (χ1) is 16.7. The van der Waals surface area contributed by atoms with Crippen LogP contribution in [0, 0.1) is 5.92 Å². The van der Waals surface area contributed by atoms with Gasteiger partial charge in [-0.2, -0.15) is 0 Å². The van der Waals surface area contributed by atoms with E-state index in [-0.39, 0.29) is 36.6 Å². The van der Waals surface area contributed by atoms with Crippen molar-refractivity contribution in [2.24, 2.45) is 5.92 Å². The van der Waals surface area contributed by atoms with Crippen LogP contribution < -0.4 is 15.5 Å². The van der Waals surface area contributed by atoms with Crippen molar-refractivity contribution in [3.8, 4) is 0 Å². The lowest BCUT2D eigenvalue weighted by Crippen LogP contribution is -2.62. The maximum absolute atomic E-state index is 13.3. The molecule has 1 unspecified atom stereocenters. The van der Waals surface area contributed by atoms with Gasteiger partial charge in [0, 0.05) is 30.8 Å². The summed E-state index contributed by atoms with van der Waals surface area (Å²) in [5, 5.41) is 5.45. The van der Waals surface area contributed by atoms with Crippen molar-refractivity contribution in [2.45, 2.75) is 45.7 Å². The molecule has 2 heterocycles. The average Bonchev–Trinajstić information content (AvgIpc) is 3.13. The molecule has 2 aromatic rings. The first-order valence-corrected chi connectivity index (χ1v) is 11.8. The molecule has 0 bridgehead atoms. The third-order valence-electron chi connectivity index (χ3n) is 6.25. The van der Waals surface area contributed by atoms with Gasteiger partial charge in [0.05, 0.1) is 17.9 Å². The fourth-order valence-corrected chi connectivity index (χ4v) is 4.55. The molecule has 9 heteroatoms. The first kappa shape index (κ1) is 24.3. The van der Waals surface area contributed by atoms with Gasteiger partial charge in [0.2, 0.25) is 11.8 Å². The van der Waals surface area contributed by atoms with Gasteiger partial charge < -0.3 is 15.0 Å². The minimum absolute atomic E-state index is 0.0295. The highest BCUT2D eigenvalue weighted by atomic mass is 16.5. The number of carbonyl (C=O) groups excluding carboxylic acids is 4. The van der Waals surface area contributed by atoms with E-state index < -0.39 is 11.8 Å². The maximum atomic E-state index is 13.3. The molecular weight excluding hydrogens is 448 g/mol. The summed E-state index contributed by atoms with van der Waals surface area (Å²) < 4.78 is 5.12. The van der Waals surface area contributed by atoms with E-state index >= 15 is 0 Å². The van der Waals surface area contributed by atoms with E-state index in [2.05, 4.69) is 10.6 Å². The minimum Gasteiger partial charge on any atom is -0.449 e. The summed E-state index contributed by atoms with van der Waals surface area (Å²) in [6.45, 7) is 6.24. The van der Waals surface area contributed by atoms with Gasteiger partial charge >= 0.3 is 6.09 Å². The SMILES string of the molecule is CC(C)COC(=O)Nc1cccc(NC(=O)CCN2C(=O)c3ccccc3N3C(=O)CCC23C)c1. The molecule has 1 fully saturated rings. The van der Waals surface area contributed by atoms with E-state index in [1.165, 1.54) is 0 Å². The molecule has 0 aliphatic carbocycles. The predicted molar refractivity (Wildman–Crippen MR) is 132 cm³/mol. The largest absolute Gasteiger partial charge is 0.449 e. The number of fused-ring (bicyclic) bond motifs is 3. The van der Waals surface area contributed by atoms with Gasteiger partial charge in [-0.3, -0.25) is 24.6 Å². The lowest BCUT2D eigenvalue weighted by molar-refractivity contribution is -0.117. The monoisotopic (exact) mass is 478 g/mol. The van der Waals surface area contributed by atoms with E-state index in [1.807, 2.05) is 26.8 Å². The summed E-state index contributed by atoms with van der Waals surface area (Å²) in [4.78, 5) is 53.9. The molecule has 2 aromatic carbocycles. The predicted octanol–water partition coefficient (Wildman–Crippen LogP) is 4.22. The van der Waals surface area contributed by atoms with Gasteiger partial charge in [-0.05, 0) is 49.6 Å². The molecule has 2 aliphatic heterocycles. The van der Waals surface area contributed by atoms with E-state index in [9.17, 15) is 19.2 Å². The van der Waals surface area contributed by atoms with Crippen molar-refractivity contribution in [2.75, 3.05) is 28.7 Å². The van der Waals surface area contributed by atoms with Crippen molar-refractivity contribution in [3.63, 3.8) is 0 Å². The summed E-state index contributed by atoms with van der Waals surface area (Å²) in [6.07, 6.45) is 0.350. The summed E-state index contributed by atoms with van der Waals surface area (Å²) in [6, 6.07) is 13.8. The highest BCUT2D eigenvalue weighted by Gasteiger charge is 2.52. The molecule has 1 saturated heterocycles. The summed E-state index contributed by atoms with van der Waals surface area (Å²) in [7, 11) is 0. The Morgan fingerprint density at radius 1 is 1.06 bits per heavy atom. The first-order valence-electron chi connectivity index (χ1n) is 11.8. The van der Waals surface area contributed by atoms with Crippen molar-refractivity contribution in [3.05, 3.63) is 54.1 Å². The lowest BCUT2D eigenvalue weighted by atomic mass is 9.98. The quantitative estimate of drug-likeness (QED) is 0.620. The Labute approximate surface area is 204 Å².